The molecule has 0 saturated heterocycles. The summed E-state index contributed by atoms with van der Waals surface area (Å²) in [4.78, 5) is 6.14. The maximum atomic E-state index is 4.83. The number of rotatable bonds is 0. The van der Waals surface area contributed by atoms with Gasteiger partial charge in [0.2, 0.25) is 0 Å². The summed E-state index contributed by atoms with van der Waals surface area (Å²) in [5.74, 6) is 0. The predicted molar refractivity (Wildman–Crippen MR) is 91.1 cm³/mol. The molecule has 1 unspecified atom stereocenters. The van der Waals surface area contributed by atoms with Gasteiger partial charge < -0.3 is 0 Å². The Labute approximate surface area is 132 Å². The lowest BCUT2D eigenvalue weighted by atomic mass is 9.79. The minimum atomic E-state index is -0.285. The zero-order valence-electron chi connectivity index (χ0n) is 11.8. The van der Waals surface area contributed by atoms with Crippen molar-refractivity contribution < 1.29 is 0 Å². The van der Waals surface area contributed by atoms with Crippen molar-refractivity contribution in [3.8, 4) is 0 Å². The summed E-state index contributed by atoms with van der Waals surface area (Å²) in [5, 5.41) is 7.64. The molecule has 4 aliphatic rings. The average molecular weight is 306 g/mol. The second-order valence-corrected chi connectivity index (χ2v) is 6.87. The Kier molecular flexibility index (Phi) is 2.51. The average Bonchev–Trinajstić information content (AvgIpc) is 2.76. The Balaban J connectivity index is 1.82. The Hall–Kier alpha value is -2.11. The number of fused-ring (bicyclic) bond motifs is 3. The van der Waals surface area contributed by atoms with Crippen LogP contribution in [0.15, 0.2) is 68.8 Å². The van der Waals surface area contributed by atoms with E-state index in [4.69, 9.17) is 4.99 Å². The van der Waals surface area contributed by atoms with Gasteiger partial charge in [0.25, 0.3) is 0 Å². The van der Waals surface area contributed by atoms with Crippen LogP contribution in [0, 0.1) is 0 Å². The smallest absolute Gasteiger partial charge is 0.129 e. The molecule has 0 saturated carbocycles. The van der Waals surface area contributed by atoms with E-state index in [-0.39, 0.29) is 4.75 Å². The monoisotopic (exact) mass is 306 g/mol. The maximum absolute atomic E-state index is 4.83. The normalized spacial score (nSPS) is 27.8. The van der Waals surface area contributed by atoms with E-state index in [1.807, 2.05) is 18.0 Å². The number of nitrogens with one attached hydrogen (secondary N) is 2. The molecule has 1 aromatic rings. The van der Waals surface area contributed by atoms with Gasteiger partial charge in [-0.1, -0.05) is 24.3 Å². The Morgan fingerprint density at radius 1 is 1.14 bits per heavy atom. The van der Waals surface area contributed by atoms with Gasteiger partial charge in [0.05, 0.1) is 18.1 Å². The third-order valence-electron chi connectivity index (χ3n) is 4.45. The first kappa shape index (κ1) is 12.4. The molecule has 1 aliphatic carbocycles. The van der Waals surface area contributed by atoms with E-state index in [0.29, 0.717) is 6.67 Å². The topological polar surface area (TPSA) is 48.8 Å². The lowest BCUT2D eigenvalue weighted by Gasteiger charge is -2.38. The van der Waals surface area contributed by atoms with Crippen LogP contribution in [0.2, 0.25) is 0 Å². The minimum Gasteiger partial charge on any atom is -0.294 e. The summed E-state index contributed by atoms with van der Waals surface area (Å²) in [6.07, 6.45) is 8.28. The molecule has 1 atom stereocenters. The first-order valence-electron chi connectivity index (χ1n) is 7.35. The molecule has 2 N–H and O–H groups in total. The van der Waals surface area contributed by atoms with Crippen LogP contribution in [-0.2, 0) is 0 Å². The van der Waals surface area contributed by atoms with Crippen molar-refractivity contribution in [2.75, 3.05) is 13.2 Å². The standard InChI is InChI=1S/C17H14N4S/c1-2-4-14-12(3-1)13-7-8-20-21-15-6-5-11-9-18-10-19-16(11)17(13,15)22-14/h1-8,18,21H,9-10H2. The van der Waals surface area contributed by atoms with E-state index in [9.17, 15) is 0 Å². The Morgan fingerprint density at radius 3 is 3.09 bits per heavy atom. The largest absolute Gasteiger partial charge is 0.294 e. The summed E-state index contributed by atoms with van der Waals surface area (Å²) in [6, 6.07) is 8.59. The van der Waals surface area contributed by atoms with Gasteiger partial charge in [-0.15, -0.1) is 11.8 Å². The molecule has 3 aliphatic heterocycles. The fourth-order valence-electron chi connectivity index (χ4n) is 3.52. The molecule has 5 heteroatoms. The number of thioether (sulfide) groups is 1. The molecule has 3 heterocycles. The highest BCUT2D eigenvalue weighted by atomic mass is 32.2. The molecule has 0 radical (unpaired) electrons. The molecular formula is C17H14N4S. The second-order valence-electron chi connectivity index (χ2n) is 5.61. The summed E-state index contributed by atoms with van der Waals surface area (Å²) < 4.78 is -0.285. The first-order chi connectivity index (χ1) is 10.9. The number of hydrogen-bond acceptors (Lipinski definition) is 5. The minimum absolute atomic E-state index is 0.285. The van der Waals surface area contributed by atoms with E-state index in [2.05, 4.69) is 58.3 Å². The summed E-state index contributed by atoms with van der Waals surface area (Å²) in [6.45, 7) is 1.54. The number of aliphatic imine (C=N–C) groups is 1. The van der Waals surface area contributed by atoms with Crippen LogP contribution < -0.4 is 10.7 Å². The van der Waals surface area contributed by atoms with Crippen molar-refractivity contribution in [2.24, 2.45) is 10.1 Å². The number of allylic oxidation sites excluding steroid dienone is 3. The number of hydrogen-bond donors (Lipinski definition) is 2. The van der Waals surface area contributed by atoms with E-state index >= 15 is 0 Å². The van der Waals surface area contributed by atoms with Gasteiger partial charge in [-0.3, -0.25) is 15.7 Å². The third-order valence-corrected chi connectivity index (χ3v) is 5.97. The van der Waals surface area contributed by atoms with E-state index in [0.717, 1.165) is 18.0 Å². The van der Waals surface area contributed by atoms with E-state index < -0.39 is 0 Å². The lowest BCUT2D eigenvalue weighted by molar-refractivity contribution is 0.727. The van der Waals surface area contributed by atoms with Crippen molar-refractivity contribution in [2.45, 2.75) is 9.64 Å². The van der Waals surface area contributed by atoms with Crippen LogP contribution in [0.3, 0.4) is 0 Å². The molecule has 1 aromatic carbocycles. The second kappa shape index (κ2) is 4.44. The summed E-state index contributed by atoms with van der Waals surface area (Å²) in [7, 11) is 0. The zero-order valence-corrected chi connectivity index (χ0v) is 12.7. The fraction of sp³-hybridized carbons (Fsp3) is 0.176. The molecule has 22 heavy (non-hydrogen) atoms. The molecule has 5 rings (SSSR count). The van der Waals surface area contributed by atoms with Crippen molar-refractivity contribution in [3.63, 3.8) is 0 Å². The SMILES string of the molecule is C1=NNC2=CC=C3CNCN=C3C23Sc2ccccc2C3=C1. The highest BCUT2D eigenvalue weighted by molar-refractivity contribution is 8.02. The quantitative estimate of drug-likeness (QED) is 0.773. The lowest BCUT2D eigenvalue weighted by Crippen LogP contribution is -2.46. The Morgan fingerprint density at radius 2 is 2.09 bits per heavy atom. The van der Waals surface area contributed by atoms with Crippen molar-refractivity contribution >= 4 is 29.3 Å². The molecule has 0 bridgehead atoms. The molecule has 4 nitrogen and oxygen atoms in total. The number of hydrazone groups is 1. The van der Waals surface area contributed by atoms with Gasteiger partial charge in [0.1, 0.15) is 4.75 Å². The summed E-state index contributed by atoms with van der Waals surface area (Å²) in [5.41, 5.74) is 9.32. The van der Waals surface area contributed by atoms with Crippen LogP contribution >= 0.6 is 11.8 Å². The first-order valence-corrected chi connectivity index (χ1v) is 8.17. The van der Waals surface area contributed by atoms with Gasteiger partial charge in [-0.2, -0.15) is 5.10 Å². The van der Waals surface area contributed by atoms with Crippen LogP contribution in [-0.4, -0.2) is 29.9 Å². The van der Waals surface area contributed by atoms with Crippen molar-refractivity contribution in [1.82, 2.24) is 10.7 Å². The van der Waals surface area contributed by atoms with Gasteiger partial charge in [0.15, 0.2) is 0 Å². The van der Waals surface area contributed by atoms with Gasteiger partial charge in [-0.05, 0) is 34.9 Å². The van der Waals surface area contributed by atoms with Crippen LogP contribution in [0.25, 0.3) is 5.57 Å². The maximum Gasteiger partial charge on any atom is 0.129 e. The molecule has 108 valence electrons. The third kappa shape index (κ3) is 1.47. The van der Waals surface area contributed by atoms with Crippen molar-refractivity contribution in [1.29, 1.82) is 0 Å². The number of benzene rings is 1. The molecule has 0 fully saturated rings. The fourth-order valence-corrected chi connectivity index (χ4v) is 5.09. The summed E-state index contributed by atoms with van der Waals surface area (Å²) >= 11 is 1.87. The van der Waals surface area contributed by atoms with Gasteiger partial charge in [-0.25, -0.2) is 0 Å². The highest BCUT2D eigenvalue weighted by Gasteiger charge is 2.52. The zero-order chi connectivity index (χ0) is 14.6. The molecule has 1 spiro atoms. The van der Waals surface area contributed by atoms with Gasteiger partial charge >= 0.3 is 0 Å². The van der Waals surface area contributed by atoms with Crippen LogP contribution in [0.5, 0.6) is 0 Å². The van der Waals surface area contributed by atoms with Crippen LogP contribution in [0.1, 0.15) is 5.56 Å². The highest BCUT2D eigenvalue weighted by Crippen LogP contribution is 2.58. The Bertz CT molecular complexity index is 831. The van der Waals surface area contributed by atoms with E-state index in [1.54, 1.807) is 0 Å². The number of nitrogens with zero attached hydrogens (tertiary/aromatic N) is 2. The molecule has 0 amide bonds. The molecule has 0 aromatic heterocycles. The molecular weight excluding hydrogens is 292 g/mol. The van der Waals surface area contributed by atoms with Crippen LogP contribution in [0.4, 0.5) is 0 Å². The van der Waals surface area contributed by atoms with Crippen molar-refractivity contribution in [3.05, 3.63) is 59.3 Å². The predicted octanol–water partition coefficient (Wildman–Crippen LogP) is 2.33. The van der Waals surface area contributed by atoms with E-state index in [1.165, 1.54) is 21.6 Å². The van der Waals surface area contributed by atoms with Gasteiger partial charge in [0, 0.05) is 17.7 Å².